The monoisotopic (exact) mass is 284 g/mol. The van der Waals surface area contributed by atoms with Crippen molar-refractivity contribution < 1.29 is 14.7 Å². The Bertz CT molecular complexity index is 477. The number of benzene rings is 1. The molecule has 1 amide bonds. The molecule has 4 N–H and O–H groups in total. The molecule has 1 rings (SSSR count). The minimum Gasteiger partial charge on any atom is -0.481 e. The summed E-state index contributed by atoms with van der Waals surface area (Å²) in [5, 5.41) is 12.4. The molecule has 0 saturated carbocycles. The summed E-state index contributed by atoms with van der Waals surface area (Å²) in [5.41, 5.74) is 6.01. The number of carbonyl (C=O) groups excluding carboxylic acids is 1. The van der Waals surface area contributed by atoms with Crippen LogP contribution in [-0.4, -0.2) is 23.5 Å². The number of aliphatic carboxylic acids is 1. The number of primary amides is 1. The SMILES string of the molecule is CCCC(CNc1ccc(Cl)cc1C(N)=O)C(=O)O. The molecule has 5 nitrogen and oxygen atoms in total. The van der Waals surface area contributed by atoms with Crippen molar-refractivity contribution in [2.75, 3.05) is 11.9 Å². The third kappa shape index (κ3) is 4.44. The first kappa shape index (κ1) is 15.3. The summed E-state index contributed by atoms with van der Waals surface area (Å²) in [5.74, 6) is -1.96. The van der Waals surface area contributed by atoms with Crippen molar-refractivity contribution in [1.82, 2.24) is 0 Å². The van der Waals surface area contributed by atoms with Gasteiger partial charge in [0, 0.05) is 17.3 Å². The number of carboxylic acid groups (broad SMARTS) is 1. The van der Waals surface area contributed by atoms with Gasteiger partial charge in [0.1, 0.15) is 0 Å². The highest BCUT2D eigenvalue weighted by molar-refractivity contribution is 6.31. The van der Waals surface area contributed by atoms with E-state index in [4.69, 9.17) is 22.4 Å². The Morgan fingerprint density at radius 2 is 2.16 bits per heavy atom. The van der Waals surface area contributed by atoms with Gasteiger partial charge >= 0.3 is 5.97 Å². The first-order valence-corrected chi connectivity index (χ1v) is 6.39. The standard InChI is InChI=1S/C13H17ClN2O3/c1-2-3-8(13(18)19)7-16-11-5-4-9(14)6-10(11)12(15)17/h4-6,8,16H,2-3,7H2,1H3,(H2,15,17)(H,18,19). The maximum absolute atomic E-state index is 11.3. The van der Waals surface area contributed by atoms with Gasteiger partial charge in [-0.25, -0.2) is 0 Å². The third-order valence-electron chi connectivity index (χ3n) is 2.77. The summed E-state index contributed by atoms with van der Waals surface area (Å²) in [7, 11) is 0. The normalized spacial score (nSPS) is 11.9. The highest BCUT2D eigenvalue weighted by atomic mass is 35.5. The molecule has 0 aromatic heterocycles. The van der Waals surface area contributed by atoms with E-state index < -0.39 is 17.8 Å². The molecule has 104 valence electrons. The van der Waals surface area contributed by atoms with Gasteiger partial charge in [0.15, 0.2) is 0 Å². The molecular weight excluding hydrogens is 268 g/mol. The molecule has 1 aromatic rings. The van der Waals surface area contributed by atoms with Crippen LogP contribution in [0, 0.1) is 5.92 Å². The number of carbonyl (C=O) groups is 2. The number of hydrogen-bond donors (Lipinski definition) is 3. The molecule has 19 heavy (non-hydrogen) atoms. The van der Waals surface area contributed by atoms with Gasteiger partial charge in [-0.15, -0.1) is 0 Å². The number of halogens is 1. The minimum atomic E-state index is -0.857. The first-order valence-electron chi connectivity index (χ1n) is 6.01. The van der Waals surface area contributed by atoms with E-state index >= 15 is 0 Å². The molecule has 0 fully saturated rings. The van der Waals surface area contributed by atoms with Gasteiger partial charge < -0.3 is 16.2 Å². The van der Waals surface area contributed by atoms with E-state index in [0.717, 1.165) is 6.42 Å². The van der Waals surface area contributed by atoms with Crippen molar-refractivity contribution in [3.8, 4) is 0 Å². The van der Waals surface area contributed by atoms with Gasteiger partial charge in [0.2, 0.25) is 0 Å². The number of anilines is 1. The second-order valence-electron chi connectivity index (χ2n) is 4.26. The predicted octanol–water partition coefficient (Wildman–Crippen LogP) is 2.35. The van der Waals surface area contributed by atoms with Crippen molar-refractivity contribution >= 4 is 29.2 Å². The summed E-state index contributed by atoms with van der Waals surface area (Å²) < 4.78 is 0. The molecule has 6 heteroatoms. The van der Waals surface area contributed by atoms with Gasteiger partial charge in [-0.3, -0.25) is 9.59 Å². The number of nitrogens with two attached hydrogens (primary N) is 1. The van der Waals surface area contributed by atoms with Crippen LogP contribution in [0.15, 0.2) is 18.2 Å². The zero-order valence-electron chi connectivity index (χ0n) is 10.6. The third-order valence-corrected chi connectivity index (χ3v) is 3.01. The number of nitrogens with one attached hydrogen (secondary N) is 1. The van der Waals surface area contributed by atoms with Crippen LogP contribution < -0.4 is 11.1 Å². The first-order chi connectivity index (χ1) is 8.95. The lowest BCUT2D eigenvalue weighted by molar-refractivity contribution is -0.141. The molecule has 0 spiro atoms. The lowest BCUT2D eigenvalue weighted by Gasteiger charge is -2.15. The van der Waals surface area contributed by atoms with Crippen LogP contribution in [0.25, 0.3) is 0 Å². The zero-order chi connectivity index (χ0) is 14.4. The number of rotatable bonds is 7. The van der Waals surface area contributed by atoms with Crippen molar-refractivity contribution in [1.29, 1.82) is 0 Å². The molecule has 0 aliphatic carbocycles. The van der Waals surface area contributed by atoms with Crippen LogP contribution in [0.3, 0.4) is 0 Å². The molecule has 0 bridgehead atoms. The highest BCUT2D eigenvalue weighted by Gasteiger charge is 2.17. The fourth-order valence-electron chi connectivity index (χ4n) is 1.77. The average molecular weight is 285 g/mol. The van der Waals surface area contributed by atoms with E-state index in [1.54, 1.807) is 12.1 Å². The van der Waals surface area contributed by atoms with Gasteiger partial charge in [-0.1, -0.05) is 24.9 Å². The Hall–Kier alpha value is -1.75. The van der Waals surface area contributed by atoms with Crippen LogP contribution in [0.5, 0.6) is 0 Å². The summed E-state index contributed by atoms with van der Waals surface area (Å²) in [6, 6.07) is 4.70. The molecule has 0 saturated heterocycles. The van der Waals surface area contributed by atoms with Gasteiger partial charge in [0.25, 0.3) is 5.91 Å². The topological polar surface area (TPSA) is 92.4 Å². The van der Waals surface area contributed by atoms with Crippen LogP contribution in [-0.2, 0) is 4.79 Å². The van der Waals surface area contributed by atoms with Crippen LogP contribution in [0.4, 0.5) is 5.69 Å². The molecule has 1 aromatic carbocycles. The maximum Gasteiger partial charge on any atom is 0.308 e. The quantitative estimate of drug-likeness (QED) is 0.716. The van der Waals surface area contributed by atoms with Crippen LogP contribution in [0.1, 0.15) is 30.1 Å². The molecule has 1 unspecified atom stereocenters. The minimum absolute atomic E-state index is 0.241. The van der Waals surface area contributed by atoms with Crippen molar-refractivity contribution in [3.63, 3.8) is 0 Å². The summed E-state index contributed by atoms with van der Waals surface area (Å²) >= 11 is 5.79. The number of amides is 1. The van der Waals surface area contributed by atoms with Crippen LogP contribution >= 0.6 is 11.6 Å². The van der Waals surface area contributed by atoms with Crippen molar-refractivity contribution in [3.05, 3.63) is 28.8 Å². The lowest BCUT2D eigenvalue weighted by Crippen LogP contribution is -2.24. The Balaban J connectivity index is 2.82. The Morgan fingerprint density at radius 1 is 1.47 bits per heavy atom. The number of carboxylic acids is 1. The van der Waals surface area contributed by atoms with Crippen LogP contribution in [0.2, 0.25) is 5.02 Å². The molecule has 0 radical (unpaired) electrons. The maximum atomic E-state index is 11.3. The van der Waals surface area contributed by atoms with Gasteiger partial charge in [-0.2, -0.15) is 0 Å². The van der Waals surface area contributed by atoms with E-state index in [9.17, 15) is 9.59 Å². The van der Waals surface area contributed by atoms with Crippen molar-refractivity contribution in [2.24, 2.45) is 11.7 Å². The average Bonchev–Trinajstić information content (AvgIpc) is 2.35. The summed E-state index contributed by atoms with van der Waals surface area (Å²) in [6.07, 6.45) is 1.35. The van der Waals surface area contributed by atoms with Gasteiger partial charge in [-0.05, 0) is 24.6 Å². The second-order valence-corrected chi connectivity index (χ2v) is 4.70. The molecular formula is C13H17ClN2O3. The lowest BCUT2D eigenvalue weighted by atomic mass is 10.0. The Morgan fingerprint density at radius 3 is 2.68 bits per heavy atom. The fraction of sp³-hybridized carbons (Fsp3) is 0.385. The Labute approximate surface area is 116 Å². The van der Waals surface area contributed by atoms with E-state index in [-0.39, 0.29) is 12.1 Å². The summed E-state index contributed by atoms with van der Waals surface area (Å²) in [6.45, 7) is 2.16. The van der Waals surface area contributed by atoms with E-state index in [0.29, 0.717) is 17.1 Å². The summed E-state index contributed by atoms with van der Waals surface area (Å²) in [4.78, 5) is 22.3. The highest BCUT2D eigenvalue weighted by Crippen LogP contribution is 2.21. The van der Waals surface area contributed by atoms with E-state index in [1.807, 2.05) is 6.92 Å². The fourth-order valence-corrected chi connectivity index (χ4v) is 1.94. The van der Waals surface area contributed by atoms with E-state index in [2.05, 4.69) is 5.32 Å². The molecule has 0 heterocycles. The Kier molecular flexibility index (Phi) is 5.63. The molecule has 1 atom stereocenters. The van der Waals surface area contributed by atoms with Gasteiger partial charge in [0.05, 0.1) is 11.5 Å². The molecule has 0 aliphatic heterocycles. The van der Waals surface area contributed by atoms with E-state index in [1.165, 1.54) is 6.07 Å². The molecule has 0 aliphatic rings. The number of hydrogen-bond acceptors (Lipinski definition) is 3. The largest absolute Gasteiger partial charge is 0.481 e. The smallest absolute Gasteiger partial charge is 0.308 e. The van der Waals surface area contributed by atoms with Crippen molar-refractivity contribution in [2.45, 2.75) is 19.8 Å². The second kappa shape index (κ2) is 6.99. The zero-order valence-corrected chi connectivity index (χ0v) is 11.4. The predicted molar refractivity (Wildman–Crippen MR) is 74.5 cm³/mol.